The molecule has 0 saturated carbocycles. The quantitative estimate of drug-likeness (QED) is 0.636. The van der Waals surface area contributed by atoms with Gasteiger partial charge in [-0.15, -0.1) is 0 Å². The number of nitrogens with two attached hydrogens (primary N) is 1. The van der Waals surface area contributed by atoms with Gasteiger partial charge in [-0.1, -0.05) is 0 Å². The normalized spacial score (nSPS) is 12.6. The molecule has 1 atom stereocenters. The standard InChI is InChI=1S/C10H18N2O5/c1-10(2,3)17-9(16)12-6(8(11)15)4-5-7(13)14/h6H,4-5H2,1-3H3,(H2,11,15)(H,12,16)(H,13,14)/p-1/t6-/m0/s1. The van der Waals surface area contributed by atoms with Crippen LogP contribution in [0.1, 0.15) is 33.6 Å². The van der Waals surface area contributed by atoms with Crippen LogP contribution in [0, 0.1) is 0 Å². The van der Waals surface area contributed by atoms with Crippen molar-refractivity contribution in [3.8, 4) is 0 Å². The van der Waals surface area contributed by atoms with Crippen LogP contribution in [-0.2, 0) is 14.3 Å². The Morgan fingerprint density at radius 3 is 2.24 bits per heavy atom. The van der Waals surface area contributed by atoms with Gasteiger partial charge in [0.25, 0.3) is 0 Å². The van der Waals surface area contributed by atoms with Crippen LogP contribution < -0.4 is 16.2 Å². The summed E-state index contributed by atoms with van der Waals surface area (Å²) < 4.78 is 4.90. The molecule has 7 nitrogen and oxygen atoms in total. The van der Waals surface area contributed by atoms with E-state index in [0.29, 0.717) is 0 Å². The predicted octanol–water partition coefficient (Wildman–Crippen LogP) is -1.10. The van der Waals surface area contributed by atoms with Gasteiger partial charge >= 0.3 is 6.09 Å². The SMILES string of the molecule is CC(C)(C)OC(=O)N[C@@H](CCC(=O)[O-])C(N)=O. The first-order chi connectivity index (χ1) is 7.61. The van der Waals surface area contributed by atoms with Gasteiger partial charge in [0.1, 0.15) is 11.6 Å². The Bertz CT molecular complexity index is 308. The monoisotopic (exact) mass is 245 g/mol. The van der Waals surface area contributed by atoms with Gasteiger partial charge in [-0.05, 0) is 33.6 Å². The molecule has 0 aromatic rings. The second-order valence-corrected chi connectivity index (χ2v) is 4.51. The number of carbonyl (C=O) groups excluding carboxylic acids is 3. The highest BCUT2D eigenvalue weighted by molar-refractivity contribution is 5.84. The van der Waals surface area contributed by atoms with Crippen molar-refractivity contribution in [2.75, 3.05) is 0 Å². The third-order valence-electron chi connectivity index (χ3n) is 1.67. The summed E-state index contributed by atoms with van der Waals surface area (Å²) in [5.74, 6) is -2.14. The maximum atomic E-state index is 11.3. The molecule has 0 saturated heterocycles. The highest BCUT2D eigenvalue weighted by Crippen LogP contribution is 2.07. The average molecular weight is 245 g/mol. The second kappa shape index (κ2) is 6.07. The number of ether oxygens (including phenoxy) is 1. The van der Waals surface area contributed by atoms with Crippen molar-refractivity contribution < 1.29 is 24.2 Å². The molecule has 0 aliphatic carbocycles. The molecule has 0 aromatic heterocycles. The van der Waals surface area contributed by atoms with Gasteiger partial charge < -0.3 is 25.7 Å². The lowest BCUT2D eigenvalue weighted by Crippen LogP contribution is -2.46. The van der Waals surface area contributed by atoms with Gasteiger partial charge in [0.2, 0.25) is 5.91 Å². The number of nitrogens with one attached hydrogen (secondary N) is 1. The lowest BCUT2D eigenvalue weighted by Gasteiger charge is -2.22. The molecule has 0 spiro atoms. The number of carbonyl (C=O) groups is 3. The number of carboxylic acid groups (broad SMARTS) is 1. The van der Waals surface area contributed by atoms with Crippen molar-refractivity contribution in [1.29, 1.82) is 0 Å². The Labute approximate surface area is 99.3 Å². The largest absolute Gasteiger partial charge is 0.550 e. The zero-order valence-corrected chi connectivity index (χ0v) is 10.1. The van der Waals surface area contributed by atoms with Gasteiger partial charge in [0.05, 0.1) is 0 Å². The van der Waals surface area contributed by atoms with Crippen molar-refractivity contribution in [2.45, 2.75) is 45.3 Å². The van der Waals surface area contributed by atoms with E-state index < -0.39 is 29.6 Å². The highest BCUT2D eigenvalue weighted by Gasteiger charge is 2.22. The van der Waals surface area contributed by atoms with Crippen molar-refractivity contribution in [3.05, 3.63) is 0 Å². The van der Waals surface area contributed by atoms with Crippen LogP contribution in [0.5, 0.6) is 0 Å². The minimum atomic E-state index is -1.32. The van der Waals surface area contributed by atoms with Crippen LogP contribution in [-0.4, -0.2) is 29.6 Å². The minimum absolute atomic E-state index is 0.128. The van der Waals surface area contributed by atoms with E-state index in [1.807, 2.05) is 0 Å². The van der Waals surface area contributed by atoms with E-state index in [-0.39, 0.29) is 12.8 Å². The zero-order valence-electron chi connectivity index (χ0n) is 10.1. The Morgan fingerprint density at radius 1 is 1.35 bits per heavy atom. The number of hydrogen-bond donors (Lipinski definition) is 2. The van der Waals surface area contributed by atoms with Gasteiger partial charge in [-0.25, -0.2) is 4.79 Å². The first-order valence-corrected chi connectivity index (χ1v) is 5.10. The second-order valence-electron chi connectivity index (χ2n) is 4.51. The van der Waals surface area contributed by atoms with Crippen molar-refractivity contribution in [1.82, 2.24) is 5.32 Å². The lowest BCUT2D eigenvalue weighted by molar-refractivity contribution is -0.305. The molecule has 0 unspecified atom stereocenters. The highest BCUT2D eigenvalue weighted by atomic mass is 16.6. The maximum Gasteiger partial charge on any atom is 0.408 e. The molecule has 0 radical (unpaired) electrons. The van der Waals surface area contributed by atoms with Crippen molar-refractivity contribution >= 4 is 18.0 Å². The Hall–Kier alpha value is -1.79. The molecule has 0 rings (SSSR count). The van der Waals surface area contributed by atoms with Gasteiger partial charge in [0.15, 0.2) is 0 Å². The van der Waals surface area contributed by atoms with Crippen LogP contribution in [0.2, 0.25) is 0 Å². The van der Waals surface area contributed by atoms with Gasteiger partial charge in [-0.3, -0.25) is 4.79 Å². The Morgan fingerprint density at radius 2 is 1.88 bits per heavy atom. The third-order valence-corrected chi connectivity index (χ3v) is 1.67. The van der Waals surface area contributed by atoms with E-state index in [4.69, 9.17) is 10.5 Å². The molecule has 2 amide bonds. The zero-order chi connectivity index (χ0) is 13.6. The fourth-order valence-corrected chi connectivity index (χ4v) is 0.998. The number of primary amides is 1. The summed E-state index contributed by atoms with van der Waals surface area (Å²) in [6, 6.07) is -1.08. The molecular formula is C10H17N2O5-. The lowest BCUT2D eigenvalue weighted by atomic mass is 10.1. The fourth-order valence-electron chi connectivity index (χ4n) is 0.998. The van der Waals surface area contributed by atoms with Crippen LogP contribution in [0.4, 0.5) is 4.79 Å². The number of hydrogen-bond acceptors (Lipinski definition) is 5. The van der Waals surface area contributed by atoms with Crippen LogP contribution in [0.3, 0.4) is 0 Å². The van der Waals surface area contributed by atoms with Crippen molar-refractivity contribution in [2.24, 2.45) is 5.73 Å². The van der Waals surface area contributed by atoms with E-state index in [2.05, 4.69) is 5.32 Å². The van der Waals surface area contributed by atoms with Gasteiger partial charge in [0, 0.05) is 5.97 Å². The molecular weight excluding hydrogens is 228 g/mol. The Kier molecular flexibility index (Phi) is 5.43. The molecule has 3 N–H and O–H groups in total. The summed E-state index contributed by atoms with van der Waals surface area (Å²) in [5, 5.41) is 12.4. The molecule has 98 valence electrons. The number of rotatable bonds is 5. The number of carboxylic acids is 1. The molecule has 0 aromatic carbocycles. The number of alkyl carbamates (subject to hydrolysis) is 1. The molecule has 17 heavy (non-hydrogen) atoms. The first kappa shape index (κ1) is 15.2. The summed E-state index contributed by atoms with van der Waals surface area (Å²) in [4.78, 5) is 32.5. The van der Waals surface area contributed by atoms with E-state index in [1.54, 1.807) is 20.8 Å². The van der Waals surface area contributed by atoms with Crippen LogP contribution >= 0.6 is 0 Å². The topological polar surface area (TPSA) is 122 Å². The smallest absolute Gasteiger partial charge is 0.408 e. The average Bonchev–Trinajstić information content (AvgIpc) is 2.08. The third kappa shape index (κ3) is 8.06. The molecule has 0 heterocycles. The van der Waals surface area contributed by atoms with Crippen LogP contribution in [0.15, 0.2) is 0 Å². The minimum Gasteiger partial charge on any atom is -0.550 e. The van der Waals surface area contributed by atoms with E-state index in [0.717, 1.165) is 0 Å². The summed E-state index contributed by atoms with van der Waals surface area (Å²) in [6.07, 6.45) is -1.32. The molecule has 0 bridgehead atoms. The predicted molar refractivity (Wildman–Crippen MR) is 56.6 cm³/mol. The maximum absolute atomic E-state index is 11.3. The van der Waals surface area contributed by atoms with Crippen LogP contribution in [0.25, 0.3) is 0 Å². The summed E-state index contributed by atoms with van der Waals surface area (Å²) in [6.45, 7) is 4.98. The summed E-state index contributed by atoms with van der Waals surface area (Å²) in [7, 11) is 0. The molecule has 7 heteroatoms. The molecule has 0 aliphatic rings. The first-order valence-electron chi connectivity index (χ1n) is 5.10. The van der Waals surface area contributed by atoms with Gasteiger partial charge in [-0.2, -0.15) is 0 Å². The summed E-state index contributed by atoms with van der Waals surface area (Å²) in [5.41, 5.74) is 4.30. The van der Waals surface area contributed by atoms with E-state index in [9.17, 15) is 19.5 Å². The van der Waals surface area contributed by atoms with E-state index in [1.165, 1.54) is 0 Å². The molecule has 0 fully saturated rings. The van der Waals surface area contributed by atoms with Crippen molar-refractivity contribution in [3.63, 3.8) is 0 Å². The summed E-state index contributed by atoms with van der Waals surface area (Å²) >= 11 is 0. The Balaban J connectivity index is 4.30. The van der Waals surface area contributed by atoms with E-state index >= 15 is 0 Å². The fraction of sp³-hybridized carbons (Fsp3) is 0.700. The number of aliphatic carboxylic acids is 1. The number of amides is 2. The molecule has 0 aliphatic heterocycles.